The Morgan fingerprint density at radius 1 is 1.64 bits per heavy atom. The van der Waals surface area contributed by atoms with Crippen molar-refractivity contribution < 1.29 is 12.4 Å². The molecule has 0 bridgehead atoms. The third-order valence-corrected chi connectivity index (χ3v) is 3.06. The summed E-state index contributed by atoms with van der Waals surface area (Å²) < 4.78 is 21.8. The average molecular weight is 174 g/mol. The highest BCUT2D eigenvalue weighted by Gasteiger charge is 2.34. The molecule has 0 fully saturated rings. The van der Waals surface area contributed by atoms with Gasteiger partial charge in [0, 0.05) is 5.57 Å². The normalized spacial score (nSPS) is 30.6. The van der Waals surface area contributed by atoms with Crippen molar-refractivity contribution in [2.75, 3.05) is 13.3 Å². The molecule has 0 saturated heterocycles. The molecule has 0 aromatic rings. The second-order valence-electron chi connectivity index (χ2n) is 2.70. The van der Waals surface area contributed by atoms with E-state index in [4.69, 9.17) is 0 Å². The zero-order valence-corrected chi connectivity index (χ0v) is 7.51. The SMILES string of the molecule is CC1=C[N+](C)(S(C)(=O)=O)N=[C]1. The van der Waals surface area contributed by atoms with Gasteiger partial charge in [-0.15, -0.1) is 0 Å². The van der Waals surface area contributed by atoms with Crippen LogP contribution in [0.2, 0.25) is 0 Å². The lowest BCUT2D eigenvalue weighted by atomic mass is 10.4. The van der Waals surface area contributed by atoms with Crippen molar-refractivity contribution in [3.8, 4) is 0 Å². The van der Waals surface area contributed by atoms with Crippen molar-refractivity contribution in [2.24, 2.45) is 5.10 Å². The summed E-state index contributed by atoms with van der Waals surface area (Å²) in [5.41, 5.74) is 0.748. The van der Waals surface area contributed by atoms with E-state index in [1.807, 2.05) is 0 Å². The Balaban J connectivity index is 3.18. The van der Waals surface area contributed by atoms with Crippen LogP contribution in [0.4, 0.5) is 0 Å². The van der Waals surface area contributed by atoms with Gasteiger partial charge in [0.05, 0.1) is 6.26 Å². The third kappa shape index (κ3) is 1.34. The van der Waals surface area contributed by atoms with Crippen molar-refractivity contribution in [2.45, 2.75) is 6.92 Å². The van der Waals surface area contributed by atoms with Gasteiger partial charge in [0.15, 0.2) is 6.21 Å². The second kappa shape index (κ2) is 2.15. The van der Waals surface area contributed by atoms with E-state index in [-0.39, 0.29) is 0 Å². The Labute approximate surface area is 66.5 Å². The number of nitrogens with zero attached hydrogens (tertiary/aromatic N) is 2. The van der Waals surface area contributed by atoms with Crippen molar-refractivity contribution in [1.29, 1.82) is 0 Å². The topological polar surface area (TPSA) is 46.5 Å². The maximum Gasteiger partial charge on any atom is 0.322 e. The Bertz CT molecular complexity index is 328. The number of sulfonamides is 1. The molecular formula is C6H10N2O2S+. The summed E-state index contributed by atoms with van der Waals surface area (Å²) in [6.07, 6.45) is 5.28. The van der Waals surface area contributed by atoms with Crippen molar-refractivity contribution in [3.63, 3.8) is 0 Å². The molecule has 1 heterocycles. The molecule has 4 nitrogen and oxygen atoms in total. The van der Waals surface area contributed by atoms with Gasteiger partial charge in [0.1, 0.15) is 13.2 Å². The fourth-order valence-corrected chi connectivity index (χ4v) is 1.30. The second-order valence-corrected chi connectivity index (χ2v) is 4.91. The molecule has 0 aliphatic carbocycles. The van der Waals surface area contributed by atoms with E-state index in [1.54, 1.807) is 6.92 Å². The molecule has 0 spiro atoms. The summed E-state index contributed by atoms with van der Waals surface area (Å²) in [5.74, 6) is 0. The lowest BCUT2D eigenvalue weighted by molar-refractivity contribution is -0.731. The Morgan fingerprint density at radius 3 is 2.36 bits per heavy atom. The van der Waals surface area contributed by atoms with Crippen LogP contribution >= 0.6 is 0 Å². The van der Waals surface area contributed by atoms with Crippen LogP contribution in [-0.4, -0.2) is 31.9 Å². The molecule has 0 amide bonds. The van der Waals surface area contributed by atoms with Crippen LogP contribution in [0.1, 0.15) is 6.92 Å². The number of hydrogen-bond donors (Lipinski definition) is 0. The standard InChI is InChI=1S/C6H10N2O2S/c1-6-4-7-8(2,5-6)11(3,9)10/h5H,1-3H3/q+1. The highest BCUT2D eigenvalue weighted by Crippen LogP contribution is 2.18. The molecule has 0 aromatic carbocycles. The Kier molecular flexibility index (Phi) is 1.65. The fraction of sp³-hybridized carbons (Fsp3) is 0.500. The minimum atomic E-state index is -3.20. The molecular weight excluding hydrogens is 164 g/mol. The van der Waals surface area contributed by atoms with Gasteiger partial charge in [-0.1, -0.05) is 9.10 Å². The molecule has 1 aliphatic heterocycles. The summed E-state index contributed by atoms with van der Waals surface area (Å²) >= 11 is 0. The molecule has 1 unspecified atom stereocenters. The zero-order chi connectivity index (χ0) is 8.70. The van der Waals surface area contributed by atoms with Gasteiger partial charge < -0.3 is 0 Å². The molecule has 0 aromatic heterocycles. The molecule has 5 heteroatoms. The van der Waals surface area contributed by atoms with Gasteiger partial charge in [-0.3, -0.25) is 0 Å². The third-order valence-electron chi connectivity index (χ3n) is 1.53. The van der Waals surface area contributed by atoms with E-state index < -0.39 is 14.0 Å². The lowest BCUT2D eigenvalue weighted by Crippen LogP contribution is -2.36. The van der Waals surface area contributed by atoms with Gasteiger partial charge >= 0.3 is 10.0 Å². The first-order chi connectivity index (χ1) is 4.85. The number of allylic oxidation sites excluding steroid dienone is 1. The van der Waals surface area contributed by atoms with Crippen molar-refractivity contribution in [3.05, 3.63) is 11.8 Å². The highest BCUT2D eigenvalue weighted by atomic mass is 32.2. The van der Waals surface area contributed by atoms with Crippen LogP contribution < -0.4 is 0 Å². The minimum absolute atomic E-state index is 0.418. The van der Waals surface area contributed by atoms with E-state index in [1.165, 1.54) is 13.2 Å². The monoisotopic (exact) mass is 174 g/mol. The Morgan fingerprint density at radius 2 is 2.18 bits per heavy atom. The predicted molar refractivity (Wildman–Crippen MR) is 42.2 cm³/mol. The first-order valence-electron chi connectivity index (χ1n) is 3.09. The van der Waals surface area contributed by atoms with Crippen LogP contribution in [0.15, 0.2) is 16.9 Å². The van der Waals surface area contributed by atoms with E-state index in [0.717, 1.165) is 11.8 Å². The molecule has 0 N–H and O–H groups in total. The van der Waals surface area contributed by atoms with Gasteiger partial charge in [-0.2, -0.15) is 8.42 Å². The zero-order valence-electron chi connectivity index (χ0n) is 6.70. The van der Waals surface area contributed by atoms with Crippen LogP contribution in [0, 0.1) is 0 Å². The van der Waals surface area contributed by atoms with E-state index in [0.29, 0.717) is 0 Å². The fourth-order valence-electron chi connectivity index (χ4n) is 0.765. The maximum atomic E-state index is 11.1. The van der Waals surface area contributed by atoms with Crippen LogP contribution in [-0.2, 0) is 10.0 Å². The molecule has 61 valence electrons. The first-order valence-corrected chi connectivity index (χ1v) is 4.94. The largest absolute Gasteiger partial charge is 0.322 e. The average Bonchev–Trinajstić information content (AvgIpc) is 2.10. The van der Waals surface area contributed by atoms with Crippen molar-refractivity contribution in [1.82, 2.24) is 0 Å². The van der Waals surface area contributed by atoms with E-state index in [9.17, 15) is 8.42 Å². The maximum absolute atomic E-state index is 11.1. The summed E-state index contributed by atoms with van der Waals surface area (Å²) in [6, 6.07) is 0. The lowest BCUT2D eigenvalue weighted by Gasteiger charge is -2.15. The highest BCUT2D eigenvalue weighted by molar-refractivity contribution is 7.85. The first kappa shape index (κ1) is 8.42. The van der Waals surface area contributed by atoms with Gasteiger partial charge in [0.25, 0.3) is 0 Å². The Hall–Kier alpha value is -0.680. The smallest absolute Gasteiger partial charge is 0.171 e. The molecule has 1 aliphatic rings. The van der Waals surface area contributed by atoms with Crippen molar-refractivity contribution >= 4 is 16.2 Å². The van der Waals surface area contributed by atoms with Crippen LogP contribution in [0.25, 0.3) is 0 Å². The molecule has 0 saturated carbocycles. The molecule has 11 heavy (non-hydrogen) atoms. The van der Waals surface area contributed by atoms with E-state index in [2.05, 4.69) is 11.3 Å². The van der Waals surface area contributed by atoms with Gasteiger partial charge in [0.2, 0.25) is 0 Å². The quantitative estimate of drug-likeness (QED) is 0.532. The molecule has 1 atom stereocenters. The van der Waals surface area contributed by atoms with Gasteiger partial charge in [-0.25, -0.2) is 0 Å². The number of quaternary nitrogens is 1. The minimum Gasteiger partial charge on any atom is -0.171 e. The summed E-state index contributed by atoms with van der Waals surface area (Å²) in [4.78, 5) is 0. The van der Waals surface area contributed by atoms with Gasteiger partial charge in [-0.05, 0) is 6.92 Å². The number of hydrogen-bond acceptors (Lipinski definition) is 3. The van der Waals surface area contributed by atoms with Crippen LogP contribution in [0.3, 0.4) is 0 Å². The summed E-state index contributed by atoms with van der Waals surface area (Å²) in [5, 5.41) is 3.73. The molecule has 1 radical (unpaired) electrons. The summed E-state index contributed by atoms with van der Waals surface area (Å²) in [6.45, 7) is 1.76. The predicted octanol–water partition coefficient (Wildman–Crippen LogP) is 0.173. The summed E-state index contributed by atoms with van der Waals surface area (Å²) in [7, 11) is -1.70. The van der Waals surface area contributed by atoms with E-state index >= 15 is 0 Å². The molecule has 1 rings (SSSR count). The number of rotatable bonds is 1. The van der Waals surface area contributed by atoms with Crippen LogP contribution in [0.5, 0.6) is 0 Å².